The number of rotatable bonds is 4. The predicted octanol–water partition coefficient (Wildman–Crippen LogP) is 3.96. The normalized spacial score (nSPS) is 14.0. The molecule has 1 aromatic heterocycles. The third-order valence-corrected chi connectivity index (χ3v) is 6.63. The van der Waals surface area contributed by atoms with Crippen LogP contribution in [0, 0.1) is 0 Å². The van der Waals surface area contributed by atoms with Gasteiger partial charge in [0.1, 0.15) is 5.03 Å². The van der Waals surface area contributed by atoms with Gasteiger partial charge in [-0.15, -0.1) is 10.2 Å². The highest BCUT2D eigenvalue weighted by Crippen LogP contribution is 2.42. The average molecular weight is 413 g/mol. The Labute approximate surface area is 135 Å². The Hall–Kier alpha value is -1.55. The van der Waals surface area contributed by atoms with E-state index in [1.807, 2.05) is 37.3 Å². The Morgan fingerprint density at radius 3 is 2.67 bits per heavy atom. The van der Waals surface area contributed by atoms with Crippen LogP contribution in [-0.2, 0) is 0 Å². The maximum atomic E-state index is 5.23. The molecule has 6 nitrogen and oxygen atoms in total. The van der Waals surface area contributed by atoms with Gasteiger partial charge in [0.2, 0.25) is 0 Å². The van der Waals surface area contributed by atoms with Crippen LogP contribution in [0.15, 0.2) is 44.2 Å². The second kappa shape index (κ2) is 6.48. The molecule has 21 heavy (non-hydrogen) atoms. The van der Waals surface area contributed by atoms with Crippen LogP contribution in [0.1, 0.15) is 6.92 Å². The Morgan fingerprint density at radius 2 is 2.00 bits per heavy atom. The van der Waals surface area contributed by atoms with Crippen molar-refractivity contribution in [3.8, 4) is 17.3 Å². The van der Waals surface area contributed by atoms with Crippen LogP contribution in [0.2, 0.25) is 0 Å². The summed E-state index contributed by atoms with van der Waals surface area (Å²) in [4.78, 5) is 4.53. The van der Waals surface area contributed by atoms with Gasteiger partial charge in [0.15, 0.2) is 11.6 Å². The van der Waals surface area contributed by atoms with Crippen LogP contribution in [-0.4, -0.2) is 22.3 Å². The summed E-state index contributed by atoms with van der Waals surface area (Å²) in [5.74, 6) is 1.50. The van der Waals surface area contributed by atoms with Crippen molar-refractivity contribution in [3.63, 3.8) is 0 Å². The summed E-state index contributed by atoms with van der Waals surface area (Å²) in [6, 6.07) is 9.73. The zero-order valence-electron chi connectivity index (χ0n) is 11.4. The Kier molecular flexibility index (Phi) is 4.44. The number of anilines is 1. The minimum Gasteiger partial charge on any atom is -0.477 e. The molecule has 0 aliphatic carbocycles. The van der Waals surface area contributed by atoms with Gasteiger partial charge in [-0.2, -0.15) is 0 Å². The number of benzene rings is 1. The Balaban J connectivity index is 1.96. The summed E-state index contributed by atoms with van der Waals surface area (Å²) in [6.07, 6.45) is 0. The van der Waals surface area contributed by atoms with E-state index in [2.05, 4.69) is 23.6 Å². The highest BCUT2D eigenvalue weighted by molar-refractivity contribution is 14.2. The third-order valence-electron chi connectivity index (χ3n) is 2.71. The van der Waals surface area contributed by atoms with Crippen molar-refractivity contribution in [3.05, 3.63) is 41.1 Å². The summed E-state index contributed by atoms with van der Waals surface area (Å²) in [5, 5.41) is 12.5. The number of nitrogens with one attached hydrogen (secondary N) is 1. The molecule has 0 amide bonds. The van der Waals surface area contributed by atoms with E-state index in [1.165, 1.54) is 0 Å². The van der Waals surface area contributed by atoms with Gasteiger partial charge >= 0.3 is 0 Å². The molecule has 0 atom stereocenters. The van der Waals surface area contributed by atoms with E-state index in [1.54, 1.807) is 16.0 Å². The number of hydrogen-bond acceptors (Lipinski definition) is 7. The molecule has 0 radical (unpaired) electrons. The number of hydrogen-bond donors (Lipinski definition) is 1. The van der Waals surface area contributed by atoms with Crippen molar-refractivity contribution in [2.24, 2.45) is 3.15 Å². The number of nitrogens with zero attached hydrogens (tertiary/aromatic N) is 4. The van der Waals surface area contributed by atoms with Crippen LogP contribution >= 0.6 is 28.6 Å². The maximum Gasteiger partial charge on any atom is 0.276 e. The van der Waals surface area contributed by atoms with E-state index in [0.29, 0.717) is 17.5 Å². The molecule has 0 fully saturated rings. The topological polar surface area (TPSA) is 72.3 Å². The van der Waals surface area contributed by atoms with E-state index in [-0.39, 0.29) is 19.6 Å². The molecule has 3 rings (SSSR count). The molecule has 2 heterocycles. The smallest absolute Gasteiger partial charge is 0.276 e. The molecule has 1 N–H and O–H groups in total. The number of ether oxygens (including phenoxy) is 1. The first-order valence-corrected chi connectivity index (χ1v) is 10.4. The maximum absolute atomic E-state index is 5.23. The highest BCUT2D eigenvalue weighted by atomic mass is 127. The number of halogens is 1. The fourth-order valence-electron chi connectivity index (χ4n) is 1.66. The molecule has 2 aromatic rings. The lowest BCUT2D eigenvalue weighted by Crippen LogP contribution is -2.05. The minimum atomic E-state index is -0.203. The van der Waals surface area contributed by atoms with E-state index in [4.69, 9.17) is 4.74 Å². The van der Waals surface area contributed by atoms with Crippen LogP contribution in [0.3, 0.4) is 0 Å². The molecule has 1 aromatic carbocycles. The van der Waals surface area contributed by atoms with Gasteiger partial charge in [-0.3, -0.25) is 0 Å². The molecule has 0 saturated heterocycles. The van der Waals surface area contributed by atoms with Crippen molar-refractivity contribution in [2.45, 2.75) is 6.92 Å². The molecular formula is C13H12IN5OS. The van der Waals surface area contributed by atoms with Gasteiger partial charge in [-0.25, -0.2) is 8.13 Å². The largest absolute Gasteiger partial charge is 0.477 e. The van der Waals surface area contributed by atoms with E-state index in [0.717, 1.165) is 16.3 Å². The summed E-state index contributed by atoms with van der Waals surface area (Å²) in [6.45, 7) is 1.99. The molecule has 0 saturated carbocycles. The van der Waals surface area contributed by atoms with Crippen molar-refractivity contribution in [1.82, 2.24) is 15.2 Å². The monoisotopic (exact) mass is 413 g/mol. The highest BCUT2D eigenvalue weighted by Gasteiger charge is 2.15. The van der Waals surface area contributed by atoms with E-state index >= 15 is 0 Å². The summed E-state index contributed by atoms with van der Waals surface area (Å²) < 4.78 is 9.66. The van der Waals surface area contributed by atoms with Gasteiger partial charge in [-0.05, 0) is 15.9 Å². The third kappa shape index (κ3) is 3.21. The number of allylic oxidation sites excluding steroid dienone is 1. The summed E-state index contributed by atoms with van der Waals surface area (Å²) in [5.41, 5.74) is 1.92. The van der Waals surface area contributed by atoms with Gasteiger partial charge in [-0.1, -0.05) is 30.3 Å². The van der Waals surface area contributed by atoms with E-state index in [9.17, 15) is 0 Å². The van der Waals surface area contributed by atoms with Crippen molar-refractivity contribution in [1.29, 1.82) is 0 Å². The number of methoxy groups -OCH3 is 1. The SMILES string of the molecule is COc1nnc(-c2ccccc2)nc1NC1=C(C)N=IS1. The Morgan fingerprint density at radius 1 is 1.19 bits per heavy atom. The van der Waals surface area contributed by atoms with Crippen LogP contribution < -0.4 is 10.1 Å². The van der Waals surface area contributed by atoms with E-state index < -0.39 is 0 Å². The second-order valence-corrected chi connectivity index (χ2v) is 7.82. The van der Waals surface area contributed by atoms with Gasteiger partial charge in [0, 0.05) is 5.56 Å². The quantitative estimate of drug-likeness (QED) is 0.766. The van der Waals surface area contributed by atoms with Gasteiger partial charge in [0.05, 0.1) is 32.5 Å². The molecule has 0 spiro atoms. The fraction of sp³-hybridized carbons (Fsp3) is 0.154. The molecule has 1 aliphatic rings. The van der Waals surface area contributed by atoms with Gasteiger partial charge in [0.25, 0.3) is 5.88 Å². The predicted molar refractivity (Wildman–Crippen MR) is 92.2 cm³/mol. The minimum absolute atomic E-state index is 0.203. The number of aromatic nitrogens is 3. The lowest BCUT2D eigenvalue weighted by atomic mass is 10.2. The van der Waals surface area contributed by atoms with Crippen molar-refractivity contribution >= 4 is 34.4 Å². The van der Waals surface area contributed by atoms with Gasteiger partial charge < -0.3 is 10.1 Å². The first-order valence-electron chi connectivity index (χ1n) is 6.12. The molecule has 108 valence electrons. The molecule has 1 aliphatic heterocycles. The van der Waals surface area contributed by atoms with Crippen LogP contribution in [0.4, 0.5) is 5.82 Å². The Bertz CT molecular complexity index is 720. The molecule has 8 heteroatoms. The molecule has 0 bridgehead atoms. The first kappa shape index (κ1) is 14.4. The molecule has 0 unspecified atom stereocenters. The first-order chi connectivity index (χ1) is 10.3. The van der Waals surface area contributed by atoms with Crippen LogP contribution in [0.25, 0.3) is 11.4 Å². The molecular weight excluding hydrogens is 401 g/mol. The van der Waals surface area contributed by atoms with Crippen molar-refractivity contribution < 1.29 is 4.74 Å². The zero-order chi connectivity index (χ0) is 14.7. The fourth-order valence-corrected chi connectivity index (χ4v) is 5.62. The van der Waals surface area contributed by atoms with Crippen LogP contribution in [0.5, 0.6) is 5.88 Å². The zero-order valence-corrected chi connectivity index (χ0v) is 14.3. The standard InChI is InChI=1S/C13H12IN5OS/c1-8-13(21-14-17-8)16-11-12(20-2)19-18-10(15-11)9-6-4-3-5-7-9/h3-7H,1-2H3,(H,15,16,18). The second-order valence-electron chi connectivity index (χ2n) is 4.13. The van der Waals surface area contributed by atoms with Crippen molar-refractivity contribution in [2.75, 3.05) is 12.4 Å². The summed E-state index contributed by atoms with van der Waals surface area (Å²) >= 11 is -0.203. The average Bonchev–Trinajstić information content (AvgIpc) is 2.93. The lowest BCUT2D eigenvalue weighted by Gasteiger charge is -2.10. The lowest BCUT2D eigenvalue weighted by molar-refractivity contribution is 0.392. The summed E-state index contributed by atoms with van der Waals surface area (Å²) in [7, 11) is 3.29.